The van der Waals surface area contributed by atoms with Crippen molar-refractivity contribution in [3.8, 4) is 5.75 Å². The van der Waals surface area contributed by atoms with E-state index in [0.717, 1.165) is 10.0 Å². The SMILES string of the molecule is Cc1cccc(C(=O)Nc2cccc(C(=O)NN=Cc3cc(Br)cc(Br)c3OC(=O)c3ccc(Br)cc3)c2)c1. The van der Waals surface area contributed by atoms with Crippen molar-refractivity contribution in [2.45, 2.75) is 6.92 Å². The predicted octanol–water partition coefficient (Wildman–Crippen LogP) is 7.52. The number of halogens is 3. The van der Waals surface area contributed by atoms with Gasteiger partial charge in [-0.2, -0.15) is 5.10 Å². The number of rotatable bonds is 7. The summed E-state index contributed by atoms with van der Waals surface area (Å²) in [6, 6.07) is 23.9. The van der Waals surface area contributed by atoms with Gasteiger partial charge in [0.1, 0.15) is 0 Å². The van der Waals surface area contributed by atoms with E-state index in [1.807, 2.05) is 19.1 Å². The van der Waals surface area contributed by atoms with Gasteiger partial charge in [0.15, 0.2) is 5.75 Å². The minimum absolute atomic E-state index is 0.241. The van der Waals surface area contributed by atoms with Gasteiger partial charge >= 0.3 is 5.97 Å². The fraction of sp³-hybridized carbons (Fsp3) is 0.0345. The Morgan fingerprint density at radius 1 is 0.769 bits per heavy atom. The molecule has 4 aromatic carbocycles. The lowest BCUT2D eigenvalue weighted by Crippen LogP contribution is -2.18. The summed E-state index contributed by atoms with van der Waals surface area (Å²) in [5.74, 6) is -1.07. The first-order valence-electron chi connectivity index (χ1n) is 11.5. The highest BCUT2D eigenvalue weighted by atomic mass is 79.9. The molecule has 0 aromatic heterocycles. The molecular weight excluding hydrogens is 694 g/mol. The van der Waals surface area contributed by atoms with Crippen LogP contribution in [-0.4, -0.2) is 24.0 Å². The fourth-order valence-electron chi connectivity index (χ4n) is 3.47. The van der Waals surface area contributed by atoms with Crippen LogP contribution in [0.4, 0.5) is 5.69 Å². The third kappa shape index (κ3) is 7.72. The van der Waals surface area contributed by atoms with Crippen molar-refractivity contribution in [2.75, 3.05) is 5.32 Å². The Hall–Kier alpha value is -3.60. The molecule has 0 spiro atoms. The number of esters is 1. The Bertz CT molecular complexity index is 1590. The number of aryl methyl sites for hydroxylation is 1. The van der Waals surface area contributed by atoms with E-state index >= 15 is 0 Å². The highest BCUT2D eigenvalue weighted by molar-refractivity contribution is 9.11. The number of carbonyl (C=O) groups excluding carboxylic acids is 3. The highest BCUT2D eigenvalue weighted by Gasteiger charge is 2.16. The van der Waals surface area contributed by atoms with E-state index in [1.54, 1.807) is 72.8 Å². The van der Waals surface area contributed by atoms with Crippen molar-refractivity contribution in [1.82, 2.24) is 5.43 Å². The lowest BCUT2D eigenvalue weighted by atomic mass is 10.1. The molecule has 0 aliphatic carbocycles. The second-order valence-corrected chi connectivity index (χ2v) is 11.0. The van der Waals surface area contributed by atoms with E-state index in [0.29, 0.717) is 36.9 Å². The largest absolute Gasteiger partial charge is 0.421 e. The minimum Gasteiger partial charge on any atom is -0.421 e. The summed E-state index contributed by atoms with van der Waals surface area (Å²) >= 11 is 10.2. The highest BCUT2D eigenvalue weighted by Crippen LogP contribution is 2.33. The second kappa shape index (κ2) is 13.0. The van der Waals surface area contributed by atoms with E-state index in [1.165, 1.54) is 6.21 Å². The smallest absolute Gasteiger partial charge is 0.343 e. The Morgan fingerprint density at radius 2 is 1.46 bits per heavy atom. The average molecular weight is 714 g/mol. The number of hydrogen-bond donors (Lipinski definition) is 2. The first-order valence-corrected chi connectivity index (χ1v) is 13.9. The van der Waals surface area contributed by atoms with E-state index in [-0.39, 0.29) is 11.7 Å². The first kappa shape index (κ1) is 28.4. The van der Waals surface area contributed by atoms with Gasteiger partial charge in [0.2, 0.25) is 0 Å². The third-order valence-corrected chi connectivity index (χ3v) is 6.92. The Morgan fingerprint density at radius 3 is 2.18 bits per heavy atom. The normalized spacial score (nSPS) is 10.8. The molecule has 196 valence electrons. The second-order valence-electron chi connectivity index (χ2n) is 8.31. The van der Waals surface area contributed by atoms with Crippen molar-refractivity contribution in [3.63, 3.8) is 0 Å². The number of hydrogen-bond acceptors (Lipinski definition) is 5. The summed E-state index contributed by atoms with van der Waals surface area (Å²) in [7, 11) is 0. The van der Waals surface area contributed by atoms with Crippen LogP contribution in [0.3, 0.4) is 0 Å². The van der Waals surface area contributed by atoms with Crippen molar-refractivity contribution in [3.05, 3.63) is 126 Å². The van der Waals surface area contributed by atoms with E-state index in [4.69, 9.17) is 4.74 Å². The standard InChI is InChI=1S/C29H20Br3N3O4/c1-17-4-2-5-19(12-17)27(36)34-24-7-3-6-20(14-24)28(37)35-33-16-21-13-23(31)15-25(32)26(21)39-29(38)18-8-10-22(30)11-9-18/h2-16H,1H3,(H,34,36)(H,35,37). The number of nitrogens with one attached hydrogen (secondary N) is 2. The van der Waals surface area contributed by atoms with Gasteiger partial charge in [-0.3, -0.25) is 9.59 Å². The van der Waals surface area contributed by atoms with E-state index in [2.05, 4.69) is 63.6 Å². The van der Waals surface area contributed by atoms with Crippen molar-refractivity contribution in [1.29, 1.82) is 0 Å². The van der Waals surface area contributed by atoms with Gasteiger partial charge in [-0.1, -0.05) is 55.6 Å². The summed E-state index contributed by atoms with van der Waals surface area (Å²) < 4.78 is 7.70. The van der Waals surface area contributed by atoms with Gasteiger partial charge in [0, 0.05) is 31.3 Å². The van der Waals surface area contributed by atoms with Gasteiger partial charge in [0.05, 0.1) is 16.3 Å². The topological polar surface area (TPSA) is 96.9 Å². The number of carbonyl (C=O) groups is 3. The fourth-order valence-corrected chi connectivity index (χ4v) is 5.08. The summed E-state index contributed by atoms with van der Waals surface area (Å²) in [6.07, 6.45) is 1.38. The number of hydrazone groups is 1. The predicted molar refractivity (Wildman–Crippen MR) is 162 cm³/mol. The van der Waals surface area contributed by atoms with Crippen LogP contribution in [0.1, 0.15) is 42.2 Å². The summed E-state index contributed by atoms with van der Waals surface area (Å²) in [5, 5.41) is 6.85. The van der Waals surface area contributed by atoms with Crippen LogP contribution in [-0.2, 0) is 0 Å². The van der Waals surface area contributed by atoms with E-state index in [9.17, 15) is 14.4 Å². The molecule has 10 heteroatoms. The molecule has 0 bridgehead atoms. The third-order valence-electron chi connectivity index (χ3n) is 5.34. The van der Waals surface area contributed by atoms with Crippen molar-refractivity contribution < 1.29 is 19.1 Å². The molecule has 7 nitrogen and oxygen atoms in total. The monoisotopic (exact) mass is 711 g/mol. The average Bonchev–Trinajstić information content (AvgIpc) is 2.91. The number of amides is 2. The Balaban J connectivity index is 1.46. The Kier molecular flexibility index (Phi) is 9.45. The molecular formula is C29H20Br3N3O4. The zero-order chi connectivity index (χ0) is 27.9. The Labute approximate surface area is 250 Å². The van der Waals surface area contributed by atoms with Gasteiger partial charge in [0.25, 0.3) is 11.8 Å². The summed E-state index contributed by atoms with van der Waals surface area (Å²) in [4.78, 5) is 38.0. The lowest BCUT2D eigenvalue weighted by Gasteiger charge is -2.11. The quantitative estimate of drug-likeness (QED) is 0.0897. The molecule has 0 heterocycles. The van der Waals surface area contributed by atoms with Crippen molar-refractivity contribution in [2.24, 2.45) is 5.10 Å². The zero-order valence-electron chi connectivity index (χ0n) is 20.4. The number of ether oxygens (including phenoxy) is 1. The maximum atomic E-state index is 12.8. The molecule has 0 fully saturated rings. The molecule has 0 saturated heterocycles. The van der Waals surface area contributed by atoms with Gasteiger partial charge in [-0.05, 0) is 89.6 Å². The number of anilines is 1. The molecule has 2 amide bonds. The van der Waals surface area contributed by atoms with Crippen LogP contribution in [0.15, 0.2) is 103 Å². The lowest BCUT2D eigenvalue weighted by molar-refractivity contribution is 0.0732. The first-order chi connectivity index (χ1) is 18.7. The zero-order valence-corrected chi connectivity index (χ0v) is 25.1. The van der Waals surface area contributed by atoms with Crippen LogP contribution in [0, 0.1) is 6.92 Å². The molecule has 39 heavy (non-hydrogen) atoms. The summed E-state index contributed by atoms with van der Waals surface area (Å²) in [6.45, 7) is 1.91. The van der Waals surface area contributed by atoms with Crippen LogP contribution < -0.4 is 15.5 Å². The van der Waals surface area contributed by atoms with Crippen LogP contribution in [0.5, 0.6) is 5.75 Å². The molecule has 0 aliphatic rings. The molecule has 0 aliphatic heterocycles. The number of nitrogens with zero attached hydrogens (tertiary/aromatic N) is 1. The molecule has 4 aromatic rings. The maximum absolute atomic E-state index is 12.8. The molecule has 2 N–H and O–H groups in total. The van der Waals surface area contributed by atoms with Crippen LogP contribution >= 0.6 is 47.8 Å². The molecule has 0 saturated carbocycles. The molecule has 0 atom stereocenters. The molecule has 0 radical (unpaired) electrons. The van der Waals surface area contributed by atoms with Gasteiger partial charge in [-0.25, -0.2) is 10.2 Å². The van der Waals surface area contributed by atoms with Crippen LogP contribution in [0.25, 0.3) is 0 Å². The summed E-state index contributed by atoms with van der Waals surface area (Å²) in [5.41, 5.74) is 5.54. The van der Waals surface area contributed by atoms with Gasteiger partial charge in [-0.15, -0.1) is 0 Å². The minimum atomic E-state index is -0.547. The number of benzene rings is 4. The van der Waals surface area contributed by atoms with E-state index < -0.39 is 11.9 Å². The van der Waals surface area contributed by atoms with Gasteiger partial charge < -0.3 is 10.1 Å². The molecule has 4 rings (SSSR count). The van der Waals surface area contributed by atoms with Crippen molar-refractivity contribution >= 4 is 77.5 Å². The van der Waals surface area contributed by atoms with Crippen LogP contribution in [0.2, 0.25) is 0 Å². The maximum Gasteiger partial charge on any atom is 0.343 e. The molecule has 0 unspecified atom stereocenters.